The van der Waals surface area contributed by atoms with Crippen LogP contribution in [0.3, 0.4) is 0 Å². The largest absolute Gasteiger partial charge is 0.454 e. The van der Waals surface area contributed by atoms with Crippen molar-refractivity contribution in [1.82, 2.24) is 9.78 Å². The van der Waals surface area contributed by atoms with E-state index < -0.39 is 5.91 Å². The SMILES string of the molecule is Cc1nn(Cc2ccc(C(=O)Nc3ccccc3C#N)o2)c(C)c1Cl. The minimum absolute atomic E-state index is 0.162. The summed E-state index contributed by atoms with van der Waals surface area (Å²) in [6, 6.07) is 12.1. The van der Waals surface area contributed by atoms with Gasteiger partial charge in [0.2, 0.25) is 0 Å². The number of benzene rings is 1. The summed E-state index contributed by atoms with van der Waals surface area (Å²) in [6.45, 7) is 4.08. The number of anilines is 1. The number of para-hydroxylation sites is 1. The number of halogens is 1. The number of nitrogens with one attached hydrogen (secondary N) is 1. The van der Waals surface area contributed by atoms with Gasteiger partial charge < -0.3 is 9.73 Å². The number of hydrogen-bond acceptors (Lipinski definition) is 4. The minimum atomic E-state index is -0.416. The zero-order valence-electron chi connectivity index (χ0n) is 13.7. The molecule has 2 aromatic heterocycles. The van der Waals surface area contributed by atoms with E-state index in [4.69, 9.17) is 21.3 Å². The van der Waals surface area contributed by atoms with Gasteiger partial charge >= 0.3 is 0 Å². The highest BCUT2D eigenvalue weighted by Crippen LogP contribution is 2.21. The van der Waals surface area contributed by atoms with Gasteiger partial charge in [0.05, 0.1) is 34.2 Å². The molecule has 0 radical (unpaired) electrons. The second kappa shape index (κ2) is 6.83. The average molecular weight is 355 g/mol. The number of nitriles is 1. The number of aromatic nitrogens is 2. The van der Waals surface area contributed by atoms with Gasteiger partial charge in [-0.1, -0.05) is 23.7 Å². The van der Waals surface area contributed by atoms with E-state index in [-0.39, 0.29) is 5.76 Å². The first-order chi connectivity index (χ1) is 12.0. The molecular formula is C18H15ClN4O2. The molecule has 0 saturated heterocycles. The fraction of sp³-hybridized carbons (Fsp3) is 0.167. The summed E-state index contributed by atoms with van der Waals surface area (Å²) in [6.07, 6.45) is 0. The van der Waals surface area contributed by atoms with Gasteiger partial charge in [0.25, 0.3) is 5.91 Å². The van der Waals surface area contributed by atoms with E-state index in [0.29, 0.717) is 28.6 Å². The van der Waals surface area contributed by atoms with E-state index in [1.807, 2.05) is 19.9 Å². The summed E-state index contributed by atoms with van der Waals surface area (Å²) in [5.41, 5.74) is 2.42. The van der Waals surface area contributed by atoms with Crippen molar-refractivity contribution in [3.63, 3.8) is 0 Å². The summed E-state index contributed by atoms with van der Waals surface area (Å²) in [7, 11) is 0. The number of aryl methyl sites for hydroxylation is 1. The van der Waals surface area contributed by atoms with Crippen molar-refractivity contribution in [2.24, 2.45) is 0 Å². The Bertz CT molecular complexity index is 981. The van der Waals surface area contributed by atoms with E-state index in [0.717, 1.165) is 11.4 Å². The van der Waals surface area contributed by atoms with Crippen molar-refractivity contribution in [3.8, 4) is 6.07 Å². The molecule has 25 heavy (non-hydrogen) atoms. The smallest absolute Gasteiger partial charge is 0.291 e. The quantitative estimate of drug-likeness (QED) is 0.769. The lowest BCUT2D eigenvalue weighted by Crippen LogP contribution is -2.12. The molecule has 0 saturated carbocycles. The highest BCUT2D eigenvalue weighted by atomic mass is 35.5. The Labute approximate surface area is 149 Å². The molecule has 0 bridgehead atoms. The van der Waals surface area contributed by atoms with Gasteiger partial charge in [0.1, 0.15) is 11.8 Å². The molecule has 0 unspecified atom stereocenters. The topological polar surface area (TPSA) is 83.9 Å². The van der Waals surface area contributed by atoms with Gasteiger partial charge in [-0.15, -0.1) is 0 Å². The minimum Gasteiger partial charge on any atom is -0.454 e. The van der Waals surface area contributed by atoms with Crippen LogP contribution in [0, 0.1) is 25.2 Å². The van der Waals surface area contributed by atoms with Crippen LogP contribution < -0.4 is 5.32 Å². The lowest BCUT2D eigenvalue weighted by molar-refractivity contribution is 0.0994. The number of carbonyl (C=O) groups excluding carboxylic acids is 1. The third kappa shape index (κ3) is 3.42. The van der Waals surface area contributed by atoms with Crippen LogP contribution in [0.15, 0.2) is 40.8 Å². The third-order valence-corrected chi connectivity index (χ3v) is 4.33. The van der Waals surface area contributed by atoms with Crippen molar-refractivity contribution in [2.75, 3.05) is 5.32 Å². The number of furan rings is 1. The predicted octanol–water partition coefficient (Wildman–Crippen LogP) is 3.92. The molecular weight excluding hydrogens is 340 g/mol. The van der Waals surface area contributed by atoms with E-state index in [9.17, 15) is 4.79 Å². The summed E-state index contributed by atoms with van der Waals surface area (Å²) in [5.74, 6) is 0.330. The van der Waals surface area contributed by atoms with Crippen LogP contribution in [-0.2, 0) is 6.54 Å². The second-order valence-corrected chi connectivity index (χ2v) is 5.90. The van der Waals surface area contributed by atoms with Crippen molar-refractivity contribution >= 4 is 23.2 Å². The molecule has 3 aromatic rings. The van der Waals surface area contributed by atoms with E-state index in [1.165, 1.54) is 0 Å². The van der Waals surface area contributed by atoms with Crippen LogP contribution in [0.4, 0.5) is 5.69 Å². The molecule has 126 valence electrons. The predicted molar refractivity (Wildman–Crippen MR) is 93.6 cm³/mol. The standard InChI is InChI=1S/C18H15ClN4O2/c1-11-17(19)12(2)23(22-11)10-14-7-8-16(25-14)18(24)21-15-6-4-3-5-13(15)9-20/h3-8H,10H2,1-2H3,(H,21,24). The van der Waals surface area contributed by atoms with E-state index in [1.54, 1.807) is 41.1 Å². The summed E-state index contributed by atoms with van der Waals surface area (Å²) in [4.78, 5) is 12.3. The van der Waals surface area contributed by atoms with Crippen LogP contribution in [-0.4, -0.2) is 15.7 Å². The maximum absolute atomic E-state index is 12.3. The van der Waals surface area contributed by atoms with Gasteiger partial charge in [-0.2, -0.15) is 10.4 Å². The third-order valence-electron chi connectivity index (χ3n) is 3.78. The Morgan fingerprint density at radius 1 is 1.32 bits per heavy atom. The zero-order chi connectivity index (χ0) is 18.0. The van der Waals surface area contributed by atoms with E-state index >= 15 is 0 Å². The Morgan fingerprint density at radius 2 is 2.08 bits per heavy atom. The molecule has 2 heterocycles. The normalized spacial score (nSPS) is 10.5. The van der Waals surface area contributed by atoms with Crippen LogP contribution in [0.25, 0.3) is 0 Å². The van der Waals surface area contributed by atoms with Crippen LogP contribution in [0.1, 0.15) is 33.3 Å². The first kappa shape index (κ1) is 16.8. The van der Waals surface area contributed by atoms with Crippen LogP contribution >= 0.6 is 11.6 Å². The van der Waals surface area contributed by atoms with Gasteiger partial charge in [-0.05, 0) is 38.1 Å². The summed E-state index contributed by atoms with van der Waals surface area (Å²) < 4.78 is 7.33. The molecule has 0 aliphatic carbocycles. The number of amides is 1. The monoisotopic (exact) mass is 354 g/mol. The maximum Gasteiger partial charge on any atom is 0.291 e. The van der Waals surface area contributed by atoms with Crippen molar-refractivity contribution in [1.29, 1.82) is 5.26 Å². The Morgan fingerprint density at radius 3 is 2.76 bits per heavy atom. The molecule has 6 nitrogen and oxygen atoms in total. The fourth-order valence-corrected chi connectivity index (χ4v) is 2.57. The van der Waals surface area contributed by atoms with Gasteiger partial charge in [0.15, 0.2) is 5.76 Å². The van der Waals surface area contributed by atoms with Gasteiger partial charge in [-0.3, -0.25) is 9.48 Å². The highest BCUT2D eigenvalue weighted by Gasteiger charge is 2.15. The van der Waals surface area contributed by atoms with Crippen molar-refractivity contribution in [2.45, 2.75) is 20.4 Å². The first-order valence-corrected chi connectivity index (χ1v) is 7.96. The van der Waals surface area contributed by atoms with Crippen molar-refractivity contribution in [3.05, 3.63) is 69.9 Å². The Balaban J connectivity index is 1.76. The number of nitrogens with zero attached hydrogens (tertiary/aromatic N) is 3. The fourth-order valence-electron chi connectivity index (χ4n) is 2.44. The molecule has 1 N–H and O–H groups in total. The molecule has 0 atom stereocenters. The van der Waals surface area contributed by atoms with E-state index in [2.05, 4.69) is 10.4 Å². The number of hydrogen-bond donors (Lipinski definition) is 1. The lowest BCUT2D eigenvalue weighted by atomic mass is 10.2. The average Bonchev–Trinajstić information content (AvgIpc) is 3.17. The Kier molecular flexibility index (Phi) is 4.59. The van der Waals surface area contributed by atoms with Crippen molar-refractivity contribution < 1.29 is 9.21 Å². The maximum atomic E-state index is 12.3. The van der Waals surface area contributed by atoms with Gasteiger partial charge in [-0.25, -0.2) is 0 Å². The molecule has 3 rings (SSSR count). The zero-order valence-corrected chi connectivity index (χ0v) is 14.5. The number of carbonyl (C=O) groups is 1. The molecule has 0 aliphatic heterocycles. The molecule has 0 fully saturated rings. The molecule has 7 heteroatoms. The number of rotatable bonds is 4. The molecule has 0 spiro atoms. The molecule has 0 aliphatic rings. The van der Waals surface area contributed by atoms with Crippen LogP contribution in [0.2, 0.25) is 5.02 Å². The molecule has 1 aromatic carbocycles. The second-order valence-electron chi connectivity index (χ2n) is 5.52. The highest BCUT2D eigenvalue weighted by molar-refractivity contribution is 6.31. The Hall–Kier alpha value is -3.04. The molecule has 1 amide bonds. The first-order valence-electron chi connectivity index (χ1n) is 7.58. The summed E-state index contributed by atoms with van der Waals surface area (Å²) in [5, 5.41) is 16.7. The summed E-state index contributed by atoms with van der Waals surface area (Å²) >= 11 is 6.13. The lowest BCUT2D eigenvalue weighted by Gasteiger charge is -2.05. The van der Waals surface area contributed by atoms with Gasteiger partial charge in [0, 0.05) is 0 Å². The van der Waals surface area contributed by atoms with Crippen LogP contribution in [0.5, 0.6) is 0 Å².